The molecule has 1 unspecified atom stereocenters. The van der Waals surface area contributed by atoms with Crippen LogP contribution in [-0.2, 0) is 13.6 Å². The Morgan fingerprint density at radius 1 is 1.35 bits per heavy atom. The fourth-order valence-electron chi connectivity index (χ4n) is 4.14. The Balaban J connectivity index is 1.55. The summed E-state index contributed by atoms with van der Waals surface area (Å²) in [4.78, 5) is 7.17. The molecule has 1 spiro atoms. The van der Waals surface area contributed by atoms with Crippen molar-refractivity contribution < 1.29 is 0 Å². The van der Waals surface area contributed by atoms with Crippen LogP contribution in [0.3, 0.4) is 0 Å². The minimum Gasteiger partial charge on any atom is -0.311 e. The van der Waals surface area contributed by atoms with Crippen LogP contribution in [-0.4, -0.2) is 44.3 Å². The lowest BCUT2D eigenvalue weighted by Gasteiger charge is -2.48. The number of piperazine rings is 1. The number of rotatable bonds is 3. The first kappa shape index (κ1) is 12.8. The molecule has 1 N–H and O–H groups in total. The zero-order valence-electron chi connectivity index (χ0n) is 12.4. The molecule has 110 valence electrons. The molecule has 0 radical (unpaired) electrons. The van der Waals surface area contributed by atoms with E-state index in [4.69, 9.17) is 0 Å². The molecular formula is C15H25N5. The molecule has 2 aliphatic carbocycles. The van der Waals surface area contributed by atoms with Crippen LogP contribution in [0.5, 0.6) is 0 Å². The molecule has 2 heterocycles. The summed E-state index contributed by atoms with van der Waals surface area (Å²) in [6, 6.07) is 0.703. The highest BCUT2D eigenvalue weighted by Gasteiger charge is 2.46. The van der Waals surface area contributed by atoms with Gasteiger partial charge < -0.3 is 5.32 Å². The van der Waals surface area contributed by atoms with Crippen LogP contribution in [0.4, 0.5) is 0 Å². The maximum absolute atomic E-state index is 4.44. The molecule has 5 nitrogen and oxygen atoms in total. The van der Waals surface area contributed by atoms with Crippen LogP contribution < -0.4 is 5.32 Å². The molecule has 3 aliphatic rings. The number of nitrogens with zero attached hydrogens (tertiary/aromatic N) is 4. The highest BCUT2D eigenvalue weighted by atomic mass is 15.4. The average molecular weight is 275 g/mol. The van der Waals surface area contributed by atoms with Gasteiger partial charge in [-0.05, 0) is 31.6 Å². The van der Waals surface area contributed by atoms with E-state index in [9.17, 15) is 0 Å². The van der Waals surface area contributed by atoms with Crippen LogP contribution in [0, 0.1) is 5.92 Å². The first-order chi connectivity index (χ1) is 9.77. The molecule has 2 saturated carbocycles. The molecule has 1 aromatic heterocycles. The van der Waals surface area contributed by atoms with Crippen molar-refractivity contribution in [3.05, 3.63) is 12.2 Å². The average Bonchev–Trinajstić information content (AvgIpc) is 3.07. The summed E-state index contributed by atoms with van der Waals surface area (Å²) in [7, 11) is 2.00. The third-order valence-electron chi connectivity index (χ3n) is 5.64. The number of hydrogen-bond acceptors (Lipinski definition) is 4. The van der Waals surface area contributed by atoms with E-state index in [0.717, 1.165) is 18.3 Å². The summed E-state index contributed by atoms with van der Waals surface area (Å²) in [5.74, 6) is 2.03. The van der Waals surface area contributed by atoms with Crippen LogP contribution >= 0.6 is 0 Å². The summed E-state index contributed by atoms with van der Waals surface area (Å²) in [5.41, 5.74) is 0.386. The monoisotopic (exact) mass is 275 g/mol. The first-order valence-corrected chi connectivity index (χ1v) is 8.08. The van der Waals surface area contributed by atoms with Crippen molar-refractivity contribution in [3.63, 3.8) is 0 Å². The van der Waals surface area contributed by atoms with Gasteiger partial charge in [0.15, 0.2) is 0 Å². The molecule has 1 atom stereocenters. The Labute approximate surface area is 120 Å². The lowest BCUT2D eigenvalue weighted by Crippen LogP contribution is -2.63. The van der Waals surface area contributed by atoms with Crippen LogP contribution in [0.15, 0.2) is 6.33 Å². The standard InChI is InChI=1S/C15H25N5/c1-19-14(17-11-18-19)9-20-8-13(12-4-5-12)16-10-15(20)6-2-3-7-15/h11-13,16H,2-10H2,1H3. The predicted molar refractivity (Wildman–Crippen MR) is 77.1 cm³/mol. The zero-order chi connectivity index (χ0) is 13.6. The van der Waals surface area contributed by atoms with Crippen molar-refractivity contribution in [2.75, 3.05) is 13.1 Å². The van der Waals surface area contributed by atoms with Gasteiger partial charge in [0.25, 0.3) is 0 Å². The molecule has 1 aliphatic heterocycles. The SMILES string of the molecule is Cn1ncnc1CN1CC(C2CC2)NCC12CCCC2. The van der Waals surface area contributed by atoms with Gasteiger partial charge in [-0.2, -0.15) is 5.10 Å². The quantitative estimate of drug-likeness (QED) is 0.903. The van der Waals surface area contributed by atoms with Gasteiger partial charge in [-0.25, -0.2) is 4.98 Å². The minimum atomic E-state index is 0.386. The summed E-state index contributed by atoms with van der Waals surface area (Å²) in [6.45, 7) is 3.32. The number of hydrogen-bond donors (Lipinski definition) is 1. The Bertz CT molecular complexity index is 472. The predicted octanol–water partition coefficient (Wildman–Crippen LogP) is 1.31. The molecule has 3 fully saturated rings. The molecule has 5 heteroatoms. The lowest BCUT2D eigenvalue weighted by molar-refractivity contribution is 0.0282. The van der Waals surface area contributed by atoms with Crippen molar-refractivity contribution in [1.82, 2.24) is 25.0 Å². The van der Waals surface area contributed by atoms with Gasteiger partial charge >= 0.3 is 0 Å². The largest absolute Gasteiger partial charge is 0.311 e. The number of nitrogens with one attached hydrogen (secondary N) is 1. The van der Waals surface area contributed by atoms with Crippen molar-refractivity contribution in [2.24, 2.45) is 13.0 Å². The molecule has 0 amide bonds. The second-order valence-corrected chi connectivity index (χ2v) is 6.94. The van der Waals surface area contributed by atoms with E-state index in [1.807, 2.05) is 11.7 Å². The van der Waals surface area contributed by atoms with E-state index < -0.39 is 0 Å². The first-order valence-electron chi connectivity index (χ1n) is 8.08. The minimum absolute atomic E-state index is 0.386. The summed E-state index contributed by atoms with van der Waals surface area (Å²) in [5, 5.41) is 8.08. The van der Waals surface area contributed by atoms with Crippen molar-refractivity contribution in [1.29, 1.82) is 0 Å². The van der Waals surface area contributed by atoms with Gasteiger partial charge in [0, 0.05) is 31.7 Å². The van der Waals surface area contributed by atoms with E-state index in [2.05, 4.69) is 20.3 Å². The van der Waals surface area contributed by atoms with Gasteiger partial charge in [0.2, 0.25) is 0 Å². The number of aryl methyl sites for hydroxylation is 1. The van der Waals surface area contributed by atoms with E-state index in [0.29, 0.717) is 11.6 Å². The van der Waals surface area contributed by atoms with Gasteiger partial charge in [-0.1, -0.05) is 12.8 Å². The molecule has 0 aromatic carbocycles. The van der Waals surface area contributed by atoms with E-state index in [-0.39, 0.29) is 0 Å². The van der Waals surface area contributed by atoms with Crippen molar-refractivity contribution in [3.8, 4) is 0 Å². The maximum Gasteiger partial charge on any atom is 0.140 e. The second-order valence-electron chi connectivity index (χ2n) is 6.94. The Hall–Kier alpha value is -0.940. The van der Waals surface area contributed by atoms with Crippen molar-refractivity contribution in [2.45, 2.75) is 56.7 Å². The second kappa shape index (κ2) is 4.81. The Kier molecular flexibility index (Phi) is 3.07. The normalized spacial score (nSPS) is 30.1. The van der Waals surface area contributed by atoms with Crippen LogP contribution in [0.2, 0.25) is 0 Å². The Morgan fingerprint density at radius 3 is 2.80 bits per heavy atom. The lowest BCUT2D eigenvalue weighted by atomic mass is 9.90. The fraction of sp³-hybridized carbons (Fsp3) is 0.867. The van der Waals surface area contributed by atoms with Gasteiger partial charge in [-0.15, -0.1) is 0 Å². The summed E-state index contributed by atoms with van der Waals surface area (Å²) in [6.07, 6.45) is 9.96. The highest BCUT2D eigenvalue weighted by molar-refractivity contribution is 5.05. The van der Waals surface area contributed by atoms with Gasteiger partial charge in [-0.3, -0.25) is 9.58 Å². The maximum atomic E-state index is 4.44. The topological polar surface area (TPSA) is 46.0 Å². The molecule has 20 heavy (non-hydrogen) atoms. The molecule has 1 aromatic rings. The van der Waals surface area contributed by atoms with Crippen LogP contribution in [0.25, 0.3) is 0 Å². The summed E-state index contributed by atoms with van der Waals surface area (Å²) >= 11 is 0. The van der Waals surface area contributed by atoms with Gasteiger partial charge in [0.1, 0.15) is 12.2 Å². The van der Waals surface area contributed by atoms with E-state index in [1.54, 1.807) is 6.33 Å². The third-order valence-corrected chi connectivity index (χ3v) is 5.64. The molecule has 0 bridgehead atoms. The van der Waals surface area contributed by atoms with Crippen molar-refractivity contribution >= 4 is 0 Å². The fourth-order valence-corrected chi connectivity index (χ4v) is 4.14. The van der Waals surface area contributed by atoms with Gasteiger partial charge in [0.05, 0.1) is 6.54 Å². The molecule has 1 saturated heterocycles. The van der Waals surface area contributed by atoms with E-state index in [1.165, 1.54) is 51.6 Å². The Morgan fingerprint density at radius 2 is 2.15 bits per heavy atom. The highest BCUT2D eigenvalue weighted by Crippen LogP contribution is 2.41. The zero-order valence-corrected chi connectivity index (χ0v) is 12.4. The van der Waals surface area contributed by atoms with Crippen LogP contribution in [0.1, 0.15) is 44.3 Å². The third kappa shape index (κ3) is 2.17. The smallest absolute Gasteiger partial charge is 0.140 e. The molecule has 4 rings (SSSR count). The summed E-state index contributed by atoms with van der Waals surface area (Å²) < 4.78 is 1.93. The van der Waals surface area contributed by atoms with E-state index >= 15 is 0 Å². The number of aromatic nitrogens is 3. The molecular weight excluding hydrogens is 250 g/mol.